The van der Waals surface area contributed by atoms with Gasteiger partial charge in [-0.1, -0.05) is 66.7 Å². The summed E-state index contributed by atoms with van der Waals surface area (Å²) in [6, 6.07) is 23.4. The second-order valence-corrected chi connectivity index (χ2v) is 5.46. The summed E-state index contributed by atoms with van der Waals surface area (Å²) in [6.07, 6.45) is 0. The zero-order valence-corrected chi connectivity index (χ0v) is 12.6. The largest absolute Gasteiger partial charge is 0.309 e. The summed E-state index contributed by atoms with van der Waals surface area (Å²) in [6.45, 7) is 1.72. The van der Waals surface area contributed by atoms with Gasteiger partial charge in [0.25, 0.3) is 0 Å². The lowest BCUT2D eigenvalue weighted by atomic mass is 10.0. The molecule has 1 nitrogen and oxygen atoms in total. The summed E-state index contributed by atoms with van der Waals surface area (Å²) in [4.78, 5) is 0. The van der Waals surface area contributed by atoms with Crippen molar-refractivity contribution in [3.8, 4) is 0 Å². The van der Waals surface area contributed by atoms with Crippen LogP contribution in [0.3, 0.4) is 0 Å². The first kappa shape index (κ1) is 14.1. The average molecular weight is 296 g/mol. The summed E-state index contributed by atoms with van der Waals surface area (Å²) in [7, 11) is 0. The van der Waals surface area contributed by atoms with E-state index in [9.17, 15) is 0 Å². The van der Waals surface area contributed by atoms with E-state index < -0.39 is 0 Å². The zero-order chi connectivity index (χ0) is 14.5. The molecule has 0 fully saturated rings. The Hall–Kier alpha value is -1.83. The third-order valence-electron chi connectivity index (χ3n) is 3.67. The minimum absolute atomic E-state index is 0.567. The van der Waals surface area contributed by atoms with Crippen molar-refractivity contribution >= 4 is 22.4 Å². The minimum Gasteiger partial charge on any atom is -0.309 e. The van der Waals surface area contributed by atoms with Gasteiger partial charge in [0.1, 0.15) is 0 Å². The predicted molar refractivity (Wildman–Crippen MR) is 90.5 cm³/mol. The highest BCUT2D eigenvalue weighted by molar-refractivity contribution is 6.17. The summed E-state index contributed by atoms with van der Waals surface area (Å²) < 4.78 is 0. The molecule has 106 valence electrons. The molecular formula is C19H18ClN. The number of alkyl halides is 1. The molecule has 0 spiro atoms. The molecule has 0 unspecified atom stereocenters. The van der Waals surface area contributed by atoms with Gasteiger partial charge in [0, 0.05) is 19.0 Å². The molecule has 2 heteroatoms. The lowest BCUT2D eigenvalue weighted by molar-refractivity contribution is 0.696. The standard InChI is InChI=1S/C19H18ClN/c20-12-15-5-3-6-16(11-15)13-21-14-18-9-4-8-17-7-1-2-10-19(17)18/h1-11,21H,12-14H2. The zero-order valence-electron chi connectivity index (χ0n) is 11.9. The van der Waals surface area contributed by atoms with Crippen LogP contribution < -0.4 is 5.32 Å². The molecule has 21 heavy (non-hydrogen) atoms. The van der Waals surface area contributed by atoms with Crippen LogP contribution in [0, 0.1) is 0 Å². The molecule has 0 atom stereocenters. The number of rotatable bonds is 5. The molecule has 3 aromatic carbocycles. The van der Waals surface area contributed by atoms with Gasteiger partial charge in [-0.25, -0.2) is 0 Å². The monoisotopic (exact) mass is 295 g/mol. The Morgan fingerprint density at radius 3 is 2.43 bits per heavy atom. The normalized spacial score (nSPS) is 10.9. The molecule has 0 amide bonds. The van der Waals surface area contributed by atoms with Crippen molar-refractivity contribution < 1.29 is 0 Å². The predicted octanol–water partition coefficient (Wildman–Crippen LogP) is 4.87. The van der Waals surface area contributed by atoms with Crippen LogP contribution in [0.1, 0.15) is 16.7 Å². The lowest BCUT2D eigenvalue weighted by Crippen LogP contribution is -2.13. The molecule has 0 saturated heterocycles. The molecule has 0 radical (unpaired) electrons. The minimum atomic E-state index is 0.567. The van der Waals surface area contributed by atoms with E-state index in [0.29, 0.717) is 5.88 Å². The van der Waals surface area contributed by atoms with E-state index in [1.54, 1.807) is 0 Å². The molecule has 3 aromatic rings. The Morgan fingerprint density at radius 2 is 1.52 bits per heavy atom. The van der Waals surface area contributed by atoms with Crippen LogP contribution in [0.15, 0.2) is 66.7 Å². The number of fused-ring (bicyclic) bond motifs is 1. The van der Waals surface area contributed by atoms with Gasteiger partial charge in [0.2, 0.25) is 0 Å². The average Bonchev–Trinajstić information content (AvgIpc) is 2.55. The Balaban J connectivity index is 1.69. The van der Waals surface area contributed by atoms with Gasteiger partial charge in [0.05, 0.1) is 0 Å². The Morgan fingerprint density at radius 1 is 0.762 bits per heavy atom. The highest BCUT2D eigenvalue weighted by Crippen LogP contribution is 2.18. The van der Waals surface area contributed by atoms with Crippen LogP contribution in [0.25, 0.3) is 10.8 Å². The Bertz CT molecular complexity index is 731. The number of nitrogens with one attached hydrogen (secondary N) is 1. The lowest BCUT2D eigenvalue weighted by Gasteiger charge is -2.09. The molecule has 0 aliphatic carbocycles. The van der Waals surface area contributed by atoms with Gasteiger partial charge in [-0.15, -0.1) is 11.6 Å². The molecule has 3 rings (SSSR count). The molecule has 1 N–H and O–H groups in total. The molecule has 0 bridgehead atoms. The van der Waals surface area contributed by atoms with E-state index >= 15 is 0 Å². The van der Waals surface area contributed by atoms with Crippen molar-refractivity contribution in [1.82, 2.24) is 5.32 Å². The van der Waals surface area contributed by atoms with E-state index in [0.717, 1.165) is 13.1 Å². The second-order valence-electron chi connectivity index (χ2n) is 5.20. The Kier molecular flexibility index (Phi) is 4.54. The molecule has 0 aliphatic heterocycles. The molecule has 0 heterocycles. The Labute approximate surface area is 130 Å². The van der Waals surface area contributed by atoms with Crippen LogP contribution in [-0.4, -0.2) is 0 Å². The fourth-order valence-corrected chi connectivity index (χ4v) is 2.78. The summed E-state index contributed by atoms with van der Waals surface area (Å²) in [5.41, 5.74) is 3.77. The quantitative estimate of drug-likeness (QED) is 0.662. The van der Waals surface area contributed by atoms with E-state index in [1.807, 2.05) is 0 Å². The van der Waals surface area contributed by atoms with Crippen molar-refractivity contribution in [3.05, 3.63) is 83.4 Å². The van der Waals surface area contributed by atoms with Gasteiger partial charge < -0.3 is 5.32 Å². The van der Waals surface area contributed by atoms with Gasteiger partial charge >= 0.3 is 0 Å². The third kappa shape index (κ3) is 3.44. The first-order valence-corrected chi connectivity index (χ1v) is 7.71. The highest BCUT2D eigenvalue weighted by atomic mass is 35.5. The van der Waals surface area contributed by atoms with E-state index in [-0.39, 0.29) is 0 Å². The summed E-state index contributed by atoms with van der Waals surface area (Å²) in [5, 5.41) is 6.13. The second kappa shape index (κ2) is 6.75. The number of benzene rings is 3. The molecule has 0 aliphatic rings. The third-order valence-corrected chi connectivity index (χ3v) is 3.98. The summed E-state index contributed by atoms with van der Waals surface area (Å²) in [5.74, 6) is 0.567. The van der Waals surface area contributed by atoms with Gasteiger partial charge in [-0.3, -0.25) is 0 Å². The van der Waals surface area contributed by atoms with Crippen molar-refractivity contribution in [2.24, 2.45) is 0 Å². The maximum absolute atomic E-state index is 5.87. The smallest absolute Gasteiger partial charge is 0.0474 e. The van der Waals surface area contributed by atoms with Crippen LogP contribution >= 0.6 is 11.6 Å². The number of halogens is 1. The van der Waals surface area contributed by atoms with Gasteiger partial charge in [-0.05, 0) is 27.5 Å². The topological polar surface area (TPSA) is 12.0 Å². The molecule has 0 aromatic heterocycles. The number of hydrogen-bond donors (Lipinski definition) is 1. The fourth-order valence-electron chi connectivity index (χ4n) is 2.61. The number of hydrogen-bond acceptors (Lipinski definition) is 1. The van der Waals surface area contributed by atoms with Crippen LogP contribution in [0.4, 0.5) is 0 Å². The highest BCUT2D eigenvalue weighted by Gasteiger charge is 2.00. The van der Waals surface area contributed by atoms with E-state index in [1.165, 1.54) is 27.5 Å². The molecule has 0 saturated carbocycles. The fraction of sp³-hybridized carbons (Fsp3) is 0.158. The maximum Gasteiger partial charge on any atom is 0.0474 e. The van der Waals surface area contributed by atoms with E-state index in [4.69, 9.17) is 11.6 Å². The summed E-state index contributed by atoms with van der Waals surface area (Å²) >= 11 is 5.87. The van der Waals surface area contributed by atoms with E-state index in [2.05, 4.69) is 72.0 Å². The van der Waals surface area contributed by atoms with Crippen LogP contribution in [0.2, 0.25) is 0 Å². The SMILES string of the molecule is ClCc1cccc(CNCc2cccc3ccccc23)c1. The first-order valence-electron chi connectivity index (χ1n) is 7.18. The van der Waals surface area contributed by atoms with Gasteiger partial charge in [-0.2, -0.15) is 0 Å². The first-order chi connectivity index (χ1) is 10.4. The van der Waals surface area contributed by atoms with Crippen molar-refractivity contribution in [2.75, 3.05) is 0 Å². The van der Waals surface area contributed by atoms with Crippen molar-refractivity contribution in [3.63, 3.8) is 0 Å². The molecular weight excluding hydrogens is 278 g/mol. The van der Waals surface area contributed by atoms with Crippen molar-refractivity contribution in [2.45, 2.75) is 19.0 Å². The van der Waals surface area contributed by atoms with Crippen LogP contribution in [0.5, 0.6) is 0 Å². The van der Waals surface area contributed by atoms with Gasteiger partial charge in [0.15, 0.2) is 0 Å². The maximum atomic E-state index is 5.87. The van der Waals surface area contributed by atoms with Crippen LogP contribution in [-0.2, 0) is 19.0 Å². The van der Waals surface area contributed by atoms with Crippen molar-refractivity contribution in [1.29, 1.82) is 0 Å².